The second kappa shape index (κ2) is 12.3. The standard InChI is InChI=1S/C17H23N5O2.2ClH/c1-18-7-10-21(2)17(24)14-4-3-5-15(12-14)20-16(23)6-9-22-11-8-19-13-22;;/h3-5,8,11-13,18H,6-7,9-10H2,1-2H3,(H,20,23);2*1H. The molecule has 2 aromatic rings. The summed E-state index contributed by atoms with van der Waals surface area (Å²) in [5.41, 5.74) is 1.18. The van der Waals surface area contributed by atoms with Crippen LogP contribution in [0.3, 0.4) is 0 Å². The molecule has 7 nitrogen and oxygen atoms in total. The number of nitrogens with one attached hydrogen (secondary N) is 2. The van der Waals surface area contributed by atoms with E-state index in [2.05, 4.69) is 15.6 Å². The summed E-state index contributed by atoms with van der Waals surface area (Å²) >= 11 is 0. The number of halogens is 2. The lowest BCUT2D eigenvalue weighted by Gasteiger charge is -2.17. The van der Waals surface area contributed by atoms with Crippen LogP contribution in [0.2, 0.25) is 0 Å². The highest BCUT2D eigenvalue weighted by Gasteiger charge is 2.12. The topological polar surface area (TPSA) is 79.3 Å². The first kappa shape index (κ1) is 23.9. The van der Waals surface area contributed by atoms with Crippen LogP contribution in [0.4, 0.5) is 5.69 Å². The highest BCUT2D eigenvalue weighted by molar-refractivity contribution is 5.97. The number of carbonyl (C=O) groups excluding carboxylic acids is 2. The fourth-order valence-electron chi connectivity index (χ4n) is 2.20. The molecule has 2 N–H and O–H groups in total. The van der Waals surface area contributed by atoms with E-state index in [4.69, 9.17) is 0 Å². The minimum atomic E-state index is -0.100. The Morgan fingerprint density at radius 1 is 1.27 bits per heavy atom. The van der Waals surface area contributed by atoms with Crippen molar-refractivity contribution in [3.05, 3.63) is 48.5 Å². The van der Waals surface area contributed by atoms with Crippen molar-refractivity contribution in [1.82, 2.24) is 19.8 Å². The molecule has 2 amide bonds. The number of likely N-dealkylation sites (N-methyl/N-ethyl adjacent to an activating group) is 2. The molecule has 1 aromatic carbocycles. The van der Waals surface area contributed by atoms with Gasteiger partial charge in [0.15, 0.2) is 0 Å². The SMILES string of the molecule is CNCCN(C)C(=O)c1cccc(NC(=O)CCn2ccnc2)c1.Cl.Cl. The van der Waals surface area contributed by atoms with Gasteiger partial charge in [0.05, 0.1) is 6.33 Å². The quantitative estimate of drug-likeness (QED) is 0.709. The summed E-state index contributed by atoms with van der Waals surface area (Å²) in [5, 5.41) is 5.84. The zero-order valence-electron chi connectivity index (χ0n) is 14.8. The van der Waals surface area contributed by atoms with E-state index in [0.29, 0.717) is 30.8 Å². The van der Waals surface area contributed by atoms with Crippen molar-refractivity contribution in [2.75, 3.05) is 32.5 Å². The first-order chi connectivity index (χ1) is 11.6. The molecule has 0 aliphatic heterocycles. The molecule has 0 saturated carbocycles. The van der Waals surface area contributed by atoms with E-state index in [1.165, 1.54) is 0 Å². The van der Waals surface area contributed by atoms with Gasteiger partial charge in [-0.1, -0.05) is 6.07 Å². The highest BCUT2D eigenvalue weighted by Crippen LogP contribution is 2.13. The number of nitrogens with zero attached hydrogens (tertiary/aromatic N) is 3. The van der Waals surface area contributed by atoms with Gasteiger partial charge in [0.2, 0.25) is 5.91 Å². The lowest BCUT2D eigenvalue weighted by Crippen LogP contribution is -2.32. The van der Waals surface area contributed by atoms with Crippen LogP contribution in [0, 0.1) is 0 Å². The van der Waals surface area contributed by atoms with Crippen LogP contribution in [0.15, 0.2) is 43.0 Å². The monoisotopic (exact) mass is 401 g/mol. The summed E-state index contributed by atoms with van der Waals surface area (Å²) in [6.07, 6.45) is 5.51. The molecule has 1 aromatic heterocycles. The predicted octanol–water partition coefficient (Wildman–Crippen LogP) is 2.05. The third-order valence-corrected chi connectivity index (χ3v) is 3.59. The Morgan fingerprint density at radius 2 is 2.04 bits per heavy atom. The zero-order valence-corrected chi connectivity index (χ0v) is 16.5. The van der Waals surface area contributed by atoms with Crippen LogP contribution in [0.25, 0.3) is 0 Å². The number of aromatic nitrogens is 2. The number of anilines is 1. The van der Waals surface area contributed by atoms with Crippen molar-refractivity contribution in [2.45, 2.75) is 13.0 Å². The second-order valence-electron chi connectivity index (χ2n) is 5.51. The van der Waals surface area contributed by atoms with Crippen LogP contribution in [0.1, 0.15) is 16.8 Å². The maximum Gasteiger partial charge on any atom is 0.253 e. The van der Waals surface area contributed by atoms with Crippen molar-refractivity contribution in [3.8, 4) is 0 Å². The second-order valence-corrected chi connectivity index (χ2v) is 5.51. The van der Waals surface area contributed by atoms with Crippen LogP contribution in [0.5, 0.6) is 0 Å². The van der Waals surface area contributed by atoms with Gasteiger partial charge in [-0.25, -0.2) is 4.98 Å². The molecule has 144 valence electrons. The number of imidazole rings is 1. The smallest absolute Gasteiger partial charge is 0.253 e. The summed E-state index contributed by atoms with van der Waals surface area (Å²) in [6.45, 7) is 1.92. The normalized spacial score (nSPS) is 9.62. The van der Waals surface area contributed by atoms with Crippen LogP contribution in [-0.4, -0.2) is 53.5 Å². The Hall–Kier alpha value is -2.09. The first-order valence-corrected chi connectivity index (χ1v) is 7.86. The fourth-order valence-corrected chi connectivity index (χ4v) is 2.20. The highest BCUT2D eigenvalue weighted by atomic mass is 35.5. The van der Waals surface area contributed by atoms with Gasteiger partial charge < -0.3 is 20.1 Å². The van der Waals surface area contributed by atoms with Crippen molar-refractivity contribution < 1.29 is 9.59 Å². The van der Waals surface area contributed by atoms with E-state index in [1.54, 1.807) is 48.7 Å². The van der Waals surface area contributed by atoms with Gasteiger partial charge in [-0.2, -0.15) is 0 Å². The van der Waals surface area contributed by atoms with Gasteiger partial charge in [-0.3, -0.25) is 9.59 Å². The van der Waals surface area contributed by atoms with E-state index < -0.39 is 0 Å². The van der Waals surface area contributed by atoms with Gasteiger partial charge in [0.25, 0.3) is 5.91 Å². The Kier molecular flexibility index (Phi) is 11.3. The lowest BCUT2D eigenvalue weighted by atomic mass is 10.1. The maximum atomic E-state index is 12.3. The predicted molar refractivity (Wildman–Crippen MR) is 107 cm³/mol. The summed E-state index contributed by atoms with van der Waals surface area (Å²) in [6, 6.07) is 7.00. The van der Waals surface area contributed by atoms with Crippen LogP contribution in [-0.2, 0) is 11.3 Å². The molecule has 0 bridgehead atoms. The minimum Gasteiger partial charge on any atom is -0.340 e. The Labute approximate surface area is 166 Å². The Bertz CT molecular complexity index is 680. The number of carbonyl (C=O) groups is 2. The summed E-state index contributed by atoms with van der Waals surface area (Å²) in [5.74, 6) is -0.170. The van der Waals surface area contributed by atoms with Crippen LogP contribution >= 0.6 is 24.8 Å². The van der Waals surface area contributed by atoms with Crippen molar-refractivity contribution in [2.24, 2.45) is 0 Å². The summed E-state index contributed by atoms with van der Waals surface area (Å²) in [7, 11) is 3.61. The molecule has 1 heterocycles. The van der Waals surface area contributed by atoms with E-state index in [1.807, 2.05) is 17.8 Å². The number of hydrogen-bond donors (Lipinski definition) is 2. The molecule has 0 radical (unpaired) electrons. The van der Waals surface area contributed by atoms with Crippen molar-refractivity contribution >= 4 is 42.3 Å². The molecule has 9 heteroatoms. The molecule has 0 aliphatic rings. The molecule has 0 fully saturated rings. The van der Waals surface area contributed by atoms with Crippen molar-refractivity contribution in [3.63, 3.8) is 0 Å². The number of hydrogen-bond acceptors (Lipinski definition) is 4. The van der Waals surface area contributed by atoms with Crippen LogP contribution < -0.4 is 10.6 Å². The fraction of sp³-hybridized carbons (Fsp3) is 0.353. The molecular formula is C17H25Cl2N5O2. The zero-order chi connectivity index (χ0) is 17.4. The van der Waals surface area contributed by atoms with E-state index in [0.717, 1.165) is 6.54 Å². The lowest BCUT2D eigenvalue weighted by molar-refractivity contribution is -0.116. The molecule has 0 aliphatic carbocycles. The average molecular weight is 402 g/mol. The summed E-state index contributed by atoms with van der Waals surface area (Å²) < 4.78 is 1.84. The first-order valence-electron chi connectivity index (χ1n) is 7.86. The van der Waals surface area contributed by atoms with Gasteiger partial charge in [0.1, 0.15) is 0 Å². The molecule has 26 heavy (non-hydrogen) atoms. The van der Waals surface area contributed by atoms with Gasteiger partial charge in [0, 0.05) is 56.7 Å². The average Bonchev–Trinajstić information content (AvgIpc) is 3.11. The molecule has 2 rings (SSSR count). The van der Waals surface area contributed by atoms with Gasteiger partial charge in [-0.05, 0) is 25.2 Å². The van der Waals surface area contributed by atoms with Crippen molar-refractivity contribution in [1.29, 1.82) is 0 Å². The number of amides is 2. The summed E-state index contributed by atoms with van der Waals surface area (Å²) in [4.78, 5) is 29.9. The number of rotatable bonds is 8. The molecule has 0 atom stereocenters. The molecule has 0 spiro atoms. The van der Waals surface area contributed by atoms with Gasteiger partial charge >= 0.3 is 0 Å². The number of aryl methyl sites for hydroxylation is 1. The Morgan fingerprint density at radius 3 is 2.69 bits per heavy atom. The van der Waals surface area contributed by atoms with Gasteiger partial charge in [-0.15, -0.1) is 24.8 Å². The molecule has 0 saturated heterocycles. The molecule has 0 unspecified atom stereocenters. The third-order valence-electron chi connectivity index (χ3n) is 3.59. The van der Waals surface area contributed by atoms with E-state index in [9.17, 15) is 9.59 Å². The third kappa shape index (κ3) is 7.43. The minimum absolute atomic E-state index is 0. The Balaban J connectivity index is 0.00000312. The largest absolute Gasteiger partial charge is 0.340 e. The van der Waals surface area contributed by atoms with E-state index >= 15 is 0 Å². The number of benzene rings is 1. The maximum absolute atomic E-state index is 12.3. The molecular weight excluding hydrogens is 377 g/mol. The van der Waals surface area contributed by atoms with E-state index in [-0.39, 0.29) is 36.6 Å².